The minimum atomic E-state index is -3.22. The Morgan fingerprint density at radius 1 is 0.900 bits per heavy atom. The second kappa shape index (κ2) is 12.7. The van der Waals surface area contributed by atoms with Gasteiger partial charge < -0.3 is 24.2 Å². The SMILES string of the molecule is Cc1c(C(=O)N(C)c2ccc(O)cc2)cc(-c2cc3c(cc2C(=O)N2Cc4ccccc4C[C@H]2C)CN(C(=O)OC2CCS(=O)(=O)C2)C3)n1C. The maximum Gasteiger partial charge on any atom is 0.410 e. The molecule has 2 atom stereocenters. The quantitative estimate of drug-likeness (QED) is 0.304. The molecule has 3 amide bonds. The molecule has 11 nitrogen and oxygen atoms in total. The van der Waals surface area contributed by atoms with Crippen LogP contribution in [0.25, 0.3) is 11.3 Å². The van der Waals surface area contributed by atoms with Crippen LogP contribution in [0.3, 0.4) is 0 Å². The van der Waals surface area contributed by atoms with E-state index in [1.54, 1.807) is 19.2 Å². The van der Waals surface area contributed by atoms with Crippen LogP contribution in [-0.4, -0.2) is 76.5 Å². The summed E-state index contributed by atoms with van der Waals surface area (Å²) in [7, 11) is 0.324. The third-order valence-electron chi connectivity index (χ3n) is 10.4. The van der Waals surface area contributed by atoms with Crippen molar-refractivity contribution in [3.05, 3.63) is 106 Å². The smallest absolute Gasteiger partial charge is 0.410 e. The summed E-state index contributed by atoms with van der Waals surface area (Å²) < 4.78 is 31.4. The maximum absolute atomic E-state index is 14.6. The van der Waals surface area contributed by atoms with Crippen molar-refractivity contribution < 1.29 is 32.6 Å². The second-order valence-corrected chi connectivity index (χ2v) is 15.9. The molecule has 0 radical (unpaired) electrons. The van der Waals surface area contributed by atoms with Crippen LogP contribution >= 0.6 is 0 Å². The van der Waals surface area contributed by atoms with Crippen LogP contribution < -0.4 is 4.90 Å². The number of benzene rings is 3. The van der Waals surface area contributed by atoms with Crippen LogP contribution in [0.2, 0.25) is 0 Å². The van der Waals surface area contributed by atoms with Gasteiger partial charge in [0.15, 0.2) is 9.84 Å². The number of ether oxygens (including phenoxy) is 1. The third-order valence-corrected chi connectivity index (χ3v) is 12.1. The monoisotopic (exact) mass is 696 g/mol. The molecular formula is C38H40N4O7S. The highest BCUT2D eigenvalue weighted by atomic mass is 32.2. The van der Waals surface area contributed by atoms with Gasteiger partial charge in [0.05, 0.1) is 17.1 Å². The zero-order valence-electron chi connectivity index (χ0n) is 28.5. The molecule has 1 unspecified atom stereocenters. The van der Waals surface area contributed by atoms with Gasteiger partial charge in [-0.25, -0.2) is 13.2 Å². The van der Waals surface area contributed by atoms with Gasteiger partial charge in [-0.2, -0.15) is 0 Å². The molecule has 0 spiro atoms. The standard InChI is InChI=1S/C38H40N4O7S/c1-23-15-25-7-5-6-8-26(25)21-42(23)37(45)34-17-28-20-41(38(46)49-31-13-14-50(47,48)22-31)19-27(28)16-33(34)35-18-32(24(2)39(35)3)36(44)40(4)29-9-11-30(43)12-10-29/h5-12,16-18,23,31,43H,13-15,19-22H2,1-4H3/t23-,31?/m1/s1. The van der Waals surface area contributed by atoms with E-state index in [1.165, 1.54) is 27.5 Å². The first-order valence-electron chi connectivity index (χ1n) is 16.7. The van der Waals surface area contributed by atoms with Crippen LogP contribution in [0.5, 0.6) is 5.75 Å². The first kappa shape index (κ1) is 33.4. The lowest BCUT2D eigenvalue weighted by atomic mass is 9.92. The summed E-state index contributed by atoms with van der Waals surface area (Å²) in [6.07, 6.45) is -0.247. The Morgan fingerprint density at radius 3 is 2.26 bits per heavy atom. The first-order valence-corrected chi connectivity index (χ1v) is 18.5. The Balaban J connectivity index is 1.25. The molecule has 1 N–H and O–H groups in total. The number of amides is 3. The number of sulfone groups is 1. The highest BCUT2D eigenvalue weighted by molar-refractivity contribution is 7.91. The number of aromatic hydroxyl groups is 1. The van der Waals surface area contributed by atoms with Gasteiger partial charge in [-0.15, -0.1) is 0 Å². The van der Waals surface area contributed by atoms with Crippen molar-refractivity contribution >= 4 is 33.4 Å². The van der Waals surface area contributed by atoms with E-state index in [-0.39, 0.29) is 54.6 Å². The molecule has 4 aromatic rings. The number of fused-ring (bicyclic) bond motifs is 2. The molecule has 0 saturated carbocycles. The molecule has 12 heteroatoms. The normalized spacial score (nSPS) is 19.2. The topological polar surface area (TPSA) is 129 Å². The molecule has 4 heterocycles. The molecule has 1 aromatic heterocycles. The second-order valence-electron chi connectivity index (χ2n) is 13.7. The average Bonchev–Trinajstić information content (AvgIpc) is 3.76. The summed E-state index contributed by atoms with van der Waals surface area (Å²) in [6.45, 7) is 4.83. The molecule has 3 aliphatic heterocycles. The van der Waals surface area contributed by atoms with Crippen molar-refractivity contribution in [1.82, 2.24) is 14.4 Å². The van der Waals surface area contributed by atoms with Crippen LogP contribution in [0.15, 0.2) is 66.7 Å². The van der Waals surface area contributed by atoms with E-state index in [9.17, 15) is 27.9 Å². The Hall–Kier alpha value is -5.10. The fraction of sp³-hybridized carbons (Fsp3) is 0.342. The molecule has 0 aliphatic carbocycles. The Kier molecular flexibility index (Phi) is 8.45. The number of hydrogen-bond acceptors (Lipinski definition) is 7. The van der Waals surface area contributed by atoms with Crippen molar-refractivity contribution in [2.45, 2.75) is 58.5 Å². The minimum Gasteiger partial charge on any atom is -0.508 e. The molecule has 3 aromatic carbocycles. The summed E-state index contributed by atoms with van der Waals surface area (Å²) in [5.74, 6) is -0.450. The molecule has 1 saturated heterocycles. The summed E-state index contributed by atoms with van der Waals surface area (Å²) in [5.41, 5.74) is 7.58. The lowest BCUT2D eigenvalue weighted by Crippen LogP contribution is -2.42. The van der Waals surface area contributed by atoms with Crippen molar-refractivity contribution in [1.29, 1.82) is 0 Å². The number of rotatable bonds is 5. The largest absolute Gasteiger partial charge is 0.508 e. The van der Waals surface area contributed by atoms with Crippen molar-refractivity contribution in [2.75, 3.05) is 23.5 Å². The molecule has 260 valence electrons. The molecule has 1 fully saturated rings. The lowest BCUT2D eigenvalue weighted by molar-refractivity contribution is 0.0658. The van der Waals surface area contributed by atoms with E-state index in [4.69, 9.17) is 4.74 Å². The van der Waals surface area contributed by atoms with E-state index >= 15 is 0 Å². The van der Waals surface area contributed by atoms with E-state index in [0.717, 1.165) is 23.1 Å². The van der Waals surface area contributed by atoms with Gasteiger partial charge >= 0.3 is 6.09 Å². The van der Waals surface area contributed by atoms with Crippen LogP contribution in [-0.2, 0) is 47.7 Å². The molecule has 50 heavy (non-hydrogen) atoms. The van der Waals surface area contributed by atoms with E-state index in [0.29, 0.717) is 40.3 Å². The highest BCUT2D eigenvalue weighted by Crippen LogP contribution is 2.37. The van der Waals surface area contributed by atoms with Gasteiger partial charge in [-0.3, -0.25) is 14.5 Å². The van der Waals surface area contributed by atoms with Crippen LogP contribution in [0.1, 0.15) is 62.0 Å². The number of hydrogen-bond donors (Lipinski definition) is 1. The molecule has 7 rings (SSSR count). The van der Waals surface area contributed by atoms with Gasteiger partial charge in [0.2, 0.25) is 0 Å². The maximum atomic E-state index is 14.6. The van der Waals surface area contributed by atoms with Crippen molar-refractivity contribution in [3.63, 3.8) is 0 Å². The van der Waals surface area contributed by atoms with E-state index in [2.05, 4.69) is 6.07 Å². The zero-order valence-corrected chi connectivity index (χ0v) is 29.4. The van der Waals surface area contributed by atoms with Crippen molar-refractivity contribution in [3.8, 4) is 17.0 Å². The fourth-order valence-electron chi connectivity index (χ4n) is 7.29. The van der Waals surface area contributed by atoms with Crippen molar-refractivity contribution in [2.24, 2.45) is 7.05 Å². The predicted molar refractivity (Wildman–Crippen MR) is 189 cm³/mol. The summed E-state index contributed by atoms with van der Waals surface area (Å²) in [5, 5.41) is 9.74. The first-order chi connectivity index (χ1) is 23.8. The number of nitrogens with zero attached hydrogens (tertiary/aromatic N) is 4. The number of carbonyl (C=O) groups excluding carboxylic acids is 3. The molecular weight excluding hydrogens is 657 g/mol. The molecule has 0 bridgehead atoms. The summed E-state index contributed by atoms with van der Waals surface area (Å²) in [4.78, 5) is 46.6. The van der Waals surface area contributed by atoms with Gasteiger partial charge in [0, 0.05) is 68.0 Å². The molecule has 3 aliphatic rings. The van der Waals surface area contributed by atoms with Gasteiger partial charge in [0.25, 0.3) is 11.8 Å². The average molecular weight is 697 g/mol. The predicted octanol–water partition coefficient (Wildman–Crippen LogP) is 5.21. The Bertz CT molecular complexity index is 2140. The summed E-state index contributed by atoms with van der Waals surface area (Å²) in [6, 6.07) is 20.1. The van der Waals surface area contributed by atoms with Crippen LogP contribution in [0, 0.1) is 6.92 Å². The number of carbonyl (C=O) groups is 3. The minimum absolute atomic E-state index is 0.00467. The fourth-order valence-corrected chi connectivity index (χ4v) is 8.88. The highest BCUT2D eigenvalue weighted by Gasteiger charge is 2.36. The summed E-state index contributed by atoms with van der Waals surface area (Å²) >= 11 is 0. The number of phenolic OH excluding ortho intramolecular Hbond substituents is 1. The zero-order chi connectivity index (χ0) is 35.5. The number of aromatic nitrogens is 1. The van der Waals surface area contributed by atoms with E-state index < -0.39 is 22.0 Å². The Morgan fingerprint density at radius 2 is 1.58 bits per heavy atom. The Labute approximate surface area is 291 Å². The van der Waals surface area contributed by atoms with Crippen LogP contribution in [0.4, 0.5) is 10.5 Å². The van der Waals surface area contributed by atoms with Gasteiger partial charge in [0.1, 0.15) is 11.9 Å². The lowest BCUT2D eigenvalue weighted by Gasteiger charge is -2.35. The number of phenols is 1. The number of anilines is 1. The third kappa shape index (κ3) is 6.12. The van der Waals surface area contributed by atoms with Gasteiger partial charge in [-0.1, -0.05) is 24.3 Å². The van der Waals surface area contributed by atoms with E-state index in [1.807, 2.05) is 66.8 Å². The van der Waals surface area contributed by atoms with Gasteiger partial charge in [-0.05, 0) is 91.4 Å².